The number of benzene rings is 2. The summed E-state index contributed by atoms with van der Waals surface area (Å²) in [5.41, 5.74) is 1.13. The number of Topliss-reactive ketones (excluding diaryl/α,β-unsaturated/α-hetero) is 1. The molecule has 2 aromatic rings. The fourth-order valence-corrected chi connectivity index (χ4v) is 4.39. The van der Waals surface area contributed by atoms with Crippen LogP contribution in [0.15, 0.2) is 48.0 Å². The Labute approximate surface area is 224 Å². The summed E-state index contributed by atoms with van der Waals surface area (Å²) >= 11 is 6.02. The van der Waals surface area contributed by atoms with E-state index in [-0.39, 0.29) is 11.3 Å². The Kier molecular flexibility index (Phi) is 10.0. The second-order valence-corrected chi connectivity index (χ2v) is 10.3. The van der Waals surface area contributed by atoms with Crippen molar-refractivity contribution < 1.29 is 24.2 Å². The molecule has 3 rings (SSSR count). The van der Waals surface area contributed by atoms with E-state index >= 15 is 0 Å². The second kappa shape index (κ2) is 13.0. The molecule has 8 heteroatoms. The monoisotopic (exact) mass is 528 g/mol. The van der Waals surface area contributed by atoms with Gasteiger partial charge in [0.05, 0.1) is 24.8 Å². The summed E-state index contributed by atoms with van der Waals surface area (Å²) in [6.07, 6.45) is 1.58. The summed E-state index contributed by atoms with van der Waals surface area (Å²) in [6, 6.07) is 11.2. The summed E-state index contributed by atoms with van der Waals surface area (Å²) in [7, 11) is 3.91. The number of nitrogens with zero attached hydrogens (tertiary/aromatic N) is 2. The van der Waals surface area contributed by atoms with E-state index in [1.807, 2.05) is 38.1 Å². The number of carbonyl (C=O) groups is 2. The molecule has 1 fully saturated rings. The maximum absolute atomic E-state index is 13.3. The molecule has 1 N–H and O–H groups in total. The van der Waals surface area contributed by atoms with Gasteiger partial charge in [0.15, 0.2) is 11.5 Å². The van der Waals surface area contributed by atoms with Crippen LogP contribution < -0.4 is 9.47 Å². The van der Waals surface area contributed by atoms with Crippen molar-refractivity contribution in [3.63, 3.8) is 0 Å². The lowest BCUT2D eigenvalue weighted by Crippen LogP contribution is -2.32. The number of amides is 1. The number of hydrogen-bond donors (Lipinski definition) is 1. The van der Waals surface area contributed by atoms with E-state index < -0.39 is 17.7 Å². The lowest BCUT2D eigenvalue weighted by Gasteiger charge is -2.26. The largest absolute Gasteiger partial charge is 0.507 e. The Balaban J connectivity index is 2.08. The summed E-state index contributed by atoms with van der Waals surface area (Å²) in [4.78, 5) is 30.0. The van der Waals surface area contributed by atoms with Gasteiger partial charge < -0.3 is 24.4 Å². The number of ketones is 1. The molecule has 0 aliphatic carbocycles. The highest BCUT2D eigenvalue weighted by atomic mass is 35.5. The minimum atomic E-state index is -0.762. The summed E-state index contributed by atoms with van der Waals surface area (Å²) in [5, 5.41) is 11.7. The lowest BCUT2D eigenvalue weighted by molar-refractivity contribution is -0.139. The Hall–Kier alpha value is -3.03. The number of aliphatic hydroxyl groups excluding tert-OH is 1. The van der Waals surface area contributed by atoms with Crippen LogP contribution in [0.5, 0.6) is 11.5 Å². The number of ether oxygens (including phenoxy) is 2. The lowest BCUT2D eigenvalue weighted by atomic mass is 9.95. The quantitative estimate of drug-likeness (QED) is 0.221. The molecule has 0 saturated carbocycles. The van der Waals surface area contributed by atoms with E-state index in [4.69, 9.17) is 21.1 Å². The molecule has 1 amide bonds. The van der Waals surface area contributed by atoms with E-state index in [0.717, 1.165) is 13.0 Å². The topological polar surface area (TPSA) is 79.3 Å². The van der Waals surface area contributed by atoms with Gasteiger partial charge in [-0.15, -0.1) is 0 Å². The Bertz CT molecular complexity index is 1130. The molecule has 1 aliphatic rings. The fraction of sp³-hybridized carbons (Fsp3) is 0.448. The number of likely N-dealkylation sites (tertiary alicyclic amines) is 1. The van der Waals surface area contributed by atoms with Gasteiger partial charge >= 0.3 is 0 Å². The fourth-order valence-electron chi connectivity index (χ4n) is 4.26. The van der Waals surface area contributed by atoms with Gasteiger partial charge in [0, 0.05) is 17.1 Å². The number of halogens is 1. The standard InChI is InChI=1S/C29H37ClN2O5/c1-6-36-24-18-21(10-13-23(24)37-17-14-19(2)3)26-25(27(33)20-8-11-22(30)12-9-20)28(34)29(35)32(26)16-7-15-31(4)5/h8-13,18-19,26,33H,6-7,14-17H2,1-5H3. The van der Waals surface area contributed by atoms with Crippen molar-refractivity contribution in [3.8, 4) is 11.5 Å². The Morgan fingerprint density at radius 2 is 1.78 bits per heavy atom. The number of carbonyl (C=O) groups excluding carboxylic acids is 2. The molecule has 7 nitrogen and oxygen atoms in total. The van der Waals surface area contributed by atoms with Crippen LogP contribution in [0.1, 0.15) is 50.8 Å². The zero-order valence-electron chi connectivity index (χ0n) is 22.3. The van der Waals surface area contributed by atoms with E-state index in [1.54, 1.807) is 30.3 Å². The zero-order valence-corrected chi connectivity index (χ0v) is 23.0. The molecule has 1 saturated heterocycles. The molecule has 1 heterocycles. The van der Waals surface area contributed by atoms with E-state index in [9.17, 15) is 14.7 Å². The van der Waals surface area contributed by atoms with Gasteiger partial charge in [-0.05, 0) is 88.3 Å². The second-order valence-electron chi connectivity index (χ2n) is 9.83. The van der Waals surface area contributed by atoms with Gasteiger partial charge in [0.2, 0.25) is 0 Å². The highest BCUT2D eigenvalue weighted by Crippen LogP contribution is 2.42. The smallest absolute Gasteiger partial charge is 0.295 e. The number of rotatable bonds is 12. The van der Waals surface area contributed by atoms with Crippen molar-refractivity contribution in [1.29, 1.82) is 0 Å². The third-order valence-corrected chi connectivity index (χ3v) is 6.45. The Morgan fingerprint density at radius 3 is 2.41 bits per heavy atom. The summed E-state index contributed by atoms with van der Waals surface area (Å²) in [6.45, 7) is 8.25. The van der Waals surface area contributed by atoms with E-state index in [2.05, 4.69) is 13.8 Å². The molecule has 1 unspecified atom stereocenters. The van der Waals surface area contributed by atoms with Crippen LogP contribution in [0.4, 0.5) is 0 Å². The van der Waals surface area contributed by atoms with Crippen LogP contribution in [0.3, 0.4) is 0 Å². The molecular formula is C29H37ClN2O5. The Morgan fingerprint density at radius 1 is 1.08 bits per heavy atom. The van der Waals surface area contributed by atoms with Crippen LogP contribution in [0.25, 0.3) is 5.76 Å². The molecule has 200 valence electrons. The van der Waals surface area contributed by atoms with Crippen LogP contribution in [0.2, 0.25) is 5.02 Å². The normalized spacial score (nSPS) is 17.2. The van der Waals surface area contributed by atoms with Crippen molar-refractivity contribution in [1.82, 2.24) is 9.80 Å². The first-order valence-electron chi connectivity index (χ1n) is 12.7. The van der Waals surface area contributed by atoms with Gasteiger partial charge in [-0.2, -0.15) is 0 Å². The molecule has 1 aliphatic heterocycles. The van der Waals surface area contributed by atoms with Gasteiger partial charge in [-0.3, -0.25) is 9.59 Å². The van der Waals surface area contributed by atoms with Crippen LogP contribution in [-0.2, 0) is 9.59 Å². The maximum atomic E-state index is 13.3. The number of hydrogen-bond acceptors (Lipinski definition) is 6. The first-order chi connectivity index (χ1) is 17.6. The van der Waals surface area contributed by atoms with Crippen molar-refractivity contribution in [3.05, 3.63) is 64.2 Å². The third kappa shape index (κ3) is 7.05. The summed E-state index contributed by atoms with van der Waals surface area (Å²) in [5.74, 6) is 0.0737. The minimum Gasteiger partial charge on any atom is -0.507 e. The SMILES string of the molecule is CCOc1cc(C2C(=C(O)c3ccc(Cl)cc3)C(=O)C(=O)N2CCCN(C)C)ccc1OCCC(C)C. The molecular weight excluding hydrogens is 492 g/mol. The predicted octanol–water partition coefficient (Wildman–Crippen LogP) is 5.54. The van der Waals surface area contributed by atoms with Crippen molar-refractivity contribution in [2.24, 2.45) is 5.92 Å². The molecule has 1 atom stereocenters. The van der Waals surface area contributed by atoms with Gasteiger partial charge in [-0.1, -0.05) is 31.5 Å². The molecule has 37 heavy (non-hydrogen) atoms. The first-order valence-corrected chi connectivity index (χ1v) is 13.1. The van der Waals surface area contributed by atoms with Crippen molar-refractivity contribution in [2.45, 2.75) is 39.7 Å². The van der Waals surface area contributed by atoms with Crippen molar-refractivity contribution in [2.75, 3.05) is 40.4 Å². The molecule has 0 spiro atoms. The highest BCUT2D eigenvalue weighted by Gasteiger charge is 2.46. The average molecular weight is 529 g/mol. The van der Waals surface area contributed by atoms with Crippen molar-refractivity contribution >= 4 is 29.1 Å². The van der Waals surface area contributed by atoms with Crippen LogP contribution in [-0.4, -0.2) is 67.0 Å². The molecule has 2 aromatic carbocycles. The number of aliphatic hydroxyl groups is 1. The maximum Gasteiger partial charge on any atom is 0.295 e. The van der Waals surface area contributed by atoms with Crippen LogP contribution >= 0.6 is 11.6 Å². The van der Waals surface area contributed by atoms with E-state index in [0.29, 0.717) is 59.7 Å². The van der Waals surface area contributed by atoms with Gasteiger partial charge in [0.25, 0.3) is 11.7 Å². The summed E-state index contributed by atoms with van der Waals surface area (Å²) < 4.78 is 11.9. The van der Waals surface area contributed by atoms with Gasteiger partial charge in [-0.25, -0.2) is 0 Å². The molecule has 0 radical (unpaired) electrons. The molecule has 0 bridgehead atoms. The predicted molar refractivity (Wildman–Crippen MR) is 146 cm³/mol. The zero-order chi connectivity index (χ0) is 27.1. The van der Waals surface area contributed by atoms with E-state index in [1.165, 1.54) is 4.90 Å². The molecule has 0 aromatic heterocycles. The van der Waals surface area contributed by atoms with Crippen LogP contribution in [0, 0.1) is 5.92 Å². The third-order valence-electron chi connectivity index (χ3n) is 6.20. The highest BCUT2D eigenvalue weighted by molar-refractivity contribution is 6.46. The average Bonchev–Trinajstić information content (AvgIpc) is 3.09. The van der Waals surface area contributed by atoms with Gasteiger partial charge in [0.1, 0.15) is 5.76 Å². The first kappa shape index (κ1) is 28.5. The minimum absolute atomic E-state index is 0.0492.